The first kappa shape index (κ1) is 29.8. The van der Waals surface area contributed by atoms with Gasteiger partial charge in [0.15, 0.2) is 28.9 Å². The van der Waals surface area contributed by atoms with Crippen LogP contribution in [-0.2, 0) is 0 Å². The van der Waals surface area contributed by atoms with Crippen molar-refractivity contribution in [1.29, 1.82) is 0 Å². The Hall–Kier alpha value is -6.34. The molecule has 0 aliphatic heterocycles. The number of rotatable bonds is 4. The van der Waals surface area contributed by atoms with Gasteiger partial charge in [0.25, 0.3) is 0 Å². The average Bonchev–Trinajstić information content (AvgIpc) is 3.60. The van der Waals surface area contributed by atoms with Crippen molar-refractivity contribution in [3.63, 3.8) is 0 Å². The quantitative estimate of drug-likeness (QED) is 0.0811. The van der Waals surface area contributed by atoms with Gasteiger partial charge < -0.3 is 4.42 Å². The van der Waals surface area contributed by atoms with E-state index in [4.69, 9.17) is 4.42 Å². The van der Waals surface area contributed by atoms with Gasteiger partial charge in [-0.05, 0) is 91.0 Å². The summed E-state index contributed by atoms with van der Waals surface area (Å²) in [7, 11) is 0. The third-order valence-electron chi connectivity index (χ3n) is 9.28. The van der Waals surface area contributed by atoms with Gasteiger partial charge >= 0.3 is 0 Å². The van der Waals surface area contributed by atoms with Crippen LogP contribution in [0.1, 0.15) is 0 Å². The molecule has 0 amide bonds. The molecule has 8 aromatic carbocycles. The summed E-state index contributed by atoms with van der Waals surface area (Å²) >= 11 is 0. The van der Waals surface area contributed by atoms with Crippen LogP contribution < -0.4 is 0 Å². The monoisotopic (exact) mass is 663 g/mol. The standard InChI is InChI=1S/C43H22F5NO/c44-38-37(39(45)41(47)42(48)40(38)46)36-31-9-3-1-7-29(31)35(30-8-2-4-10-32(30)36)28-20-19-26-21-25(17-18-27(26)22-28)23-13-15-24(16-14-23)43-49-33-11-5-6-12-34(33)50-43/h1-22H. The molecule has 0 fully saturated rings. The van der Waals surface area contributed by atoms with Gasteiger partial charge in [-0.25, -0.2) is 26.9 Å². The fourth-order valence-electron chi connectivity index (χ4n) is 6.91. The van der Waals surface area contributed by atoms with Gasteiger partial charge in [0.2, 0.25) is 11.7 Å². The fraction of sp³-hybridized carbons (Fsp3) is 0. The summed E-state index contributed by atoms with van der Waals surface area (Å²) in [5.74, 6) is -9.33. The third-order valence-corrected chi connectivity index (χ3v) is 9.28. The molecule has 0 saturated heterocycles. The summed E-state index contributed by atoms with van der Waals surface area (Å²) in [6, 6.07) is 41.7. The summed E-state index contributed by atoms with van der Waals surface area (Å²) in [5, 5.41) is 3.91. The van der Waals surface area contributed by atoms with Crippen LogP contribution in [0.2, 0.25) is 0 Å². The van der Waals surface area contributed by atoms with Crippen molar-refractivity contribution < 1.29 is 26.4 Å². The second kappa shape index (κ2) is 11.4. The van der Waals surface area contributed by atoms with Crippen molar-refractivity contribution in [2.75, 3.05) is 0 Å². The minimum absolute atomic E-state index is 0.0553. The van der Waals surface area contributed by atoms with Crippen LogP contribution in [0, 0.1) is 29.1 Å². The molecular weight excluding hydrogens is 641 g/mol. The number of oxazole rings is 1. The van der Waals surface area contributed by atoms with Gasteiger partial charge in [-0.1, -0.05) is 97.1 Å². The normalized spacial score (nSPS) is 11.7. The number of para-hydroxylation sites is 2. The second-order valence-electron chi connectivity index (χ2n) is 12.1. The smallest absolute Gasteiger partial charge is 0.227 e. The van der Waals surface area contributed by atoms with E-state index >= 15 is 8.78 Å². The molecule has 0 bridgehead atoms. The molecule has 0 aliphatic carbocycles. The van der Waals surface area contributed by atoms with E-state index in [0.717, 1.165) is 49.7 Å². The van der Waals surface area contributed by atoms with Gasteiger partial charge in [0.1, 0.15) is 5.52 Å². The van der Waals surface area contributed by atoms with Gasteiger partial charge in [-0.15, -0.1) is 0 Å². The maximum atomic E-state index is 15.3. The number of benzene rings is 8. The highest BCUT2D eigenvalue weighted by Gasteiger charge is 2.29. The van der Waals surface area contributed by atoms with E-state index in [0.29, 0.717) is 27.4 Å². The molecule has 1 aromatic heterocycles. The van der Waals surface area contributed by atoms with E-state index < -0.39 is 34.6 Å². The molecule has 50 heavy (non-hydrogen) atoms. The lowest BCUT2D eigenvalue weighted by Crippen LogP contribution is -2.05. The summed E-state index contributed by atoms with van der Waals surface area (Å²) in [4.78, 5) is 4.59. The molecule has 2 nitrogen and oxygen atoms in total. The lowest BCUT2D eigenvalue weighted by molar-refractivity contribution is 0.381. The summed E-state index contributed by atoms with van der Waals surface area (Å²) in [6.45, 7) is 0. The van der Waals surface area contributed by atoms with E-state index in [9.17, 15) is 13.2 Å². The molecule has 0 spiro atoms. The molecule has 0 aliphatic rings. The molecule has 0 saturated carbocycles. The Labute approximate surface area is 281 Å². The number of aromatic nitrogens is 1. The van der Waals surface area contributed by atoms with E-state index in [1.807, 2.05) is 78.9 Å². The highest BCUT2D eigenvalue weighted by atomic mass is 19.2. The number of nitrogens with zero attached hydrogens (tertiary/aromatic N) is 1. The summed E-state index contributed by atoms with van der Waals surface area (Å²) in [6.07, 6.45) is 0. The molecule has 0 unspecified atom stereocenters. The maximum absolute atomic E-state index is 15.3. The van der Waals surface area contributed by atoms with Crippen molar-refractivity contribution in [2.24, 2.45) is 0 Å². The minimum Gasteiger partial charge on any atom is -0.436 e. The highest BCUT2D eigenvalue weighted by Crippen LogP contribution is 2.46. The van der Waals surface area contributed by atoms with E-state index in [-0.39, 0.29) is 5.56 Å². The predicted molar refractivity (Wildman–Crippen MR) is 188 cm³/mol. The Kier molecular flexibility index (Phi) is 6.78. The second-order valence-corrected chi connectivity index (χ2v) is 12.1. The van der Waals surface area contributed by atoms with Crippen LogP contribution in [0.4, 0.5) is 22.0 Å². The Balaban J connectivity index is 1.16. The Bertz CT molecular complexity index is 2700. The molecule has 7 heteroatoms. The molecule has 9 aromatic rings. The van der Waals surface area contributed by atoms with Crippen molar-refractivity contribution >= 4 is 43.4 Å². The zero-order valence-electron chi connectivity index (χ0n) is 25.9. The van der Waals surface area contributed by atoms with Crippen LogP contribution in [-0.4, -0.2) is 4.98 Å². The van der Waals surface area contributed by atoms with Crippen molar-refractivity contribution in [1.82, 2.24) is 4.98 Å². The first-order valence-electron chi connectivity index (χ1n) is 15.8. The van der Waals surface area contributed by atoms with Gasteiger partial charge in [0, 0.05) is 11.1 Å². The molecule has 0 atom stereocenters. The van der Waals surface area contributed by atoms with Crippen LogP contribution in [0.5, 0.6) is 0 Å². The summed E-state index contributed by atoms with van der Waals surface area (Å²) in [5.41, 5.74) is 5.08. The van der Waals surface area contributed by atoms with Crippen LogP contribution in [0.3, 0.4) is 0 Å². The first-order chi connectivity index (χ1) is 24.4. The number of hydrogen-bond donors (Lipinski definition) is 0. The van der Waals surface area contributed by atoms with Crippen molar-refractivity contribution in [2.45, 2.75) is 0 Å². The summed E-state index contributed by atoms with van der Waals surface area (Å²) < 4.78 is 79.5. The lowest BCUT2D eigenvalue weighted by Gasteiger charge is -2.19. The number of hydrogen-bond acceptors (Lipinski definition) is 2. The topological polar surface area (TPSA) is 26.0 Å². The Morgan fingerprint density at radius 3 is 1.44 bits per heavy atom. The van der Waals surface area contributed by atoms with Gasteiger partial charge in [0.05, 0.1) is 5.56 Å². The maximum Gasteiger partial charge on any atom is 0.227 e. The van der Waals surface area contributed by atoms with Crippen molar-refractivity contribution in [3.05, 3.63) is 163 Å². The first-order valence-corrected chi connectivity index (χ1v) is 15.8. The van der Waals surface area contributed by atoms with Gasteiger partial charge in [-0.2, -0.15) is 0 Å². The molecule has 0 radical (unpaired) electrons. The molecule has 0 N–H and O–H groups in total. The average molecular weight is 664 g/mol. The predicted octanol–water partition coefficient (Wildman–Crippen LogP) is 12.7. The van der Waals surface area contributed by atoms with Crippen molar-refractivity contribution in [3.8, 4) is 44.8 Å². The zero-order valence-corrected chi connectivity index (χ0v) is 25.9. The van der Waals surface area contributed by atoms with Crippen LogP contribution in [0.25, 0.3) is 88.3 Å². The number of halogens is 5. The highest BCUT2D eigenvalue weighted by molar-refractivity contribution is 6.21. The van der Waals surface area contributed by atoms with E-state index in [2.05, 4.69) is 11.1 Å². The van der Waals surface area contributed by atoms with E-state index in [1.165, 1.54) is 0 Å². The van der Waals surface area contributed by atoms with E-state index in [1.54, 1.807) is 48.5 Å². The molecular formula is C43H22F5NO. The van der Waals surface area contributed by atoms with Crippen LogP contribution in [0.15, 0.2) is 138 Å². The molecule has 240 valence electrons. The molecule has 1 heterocycles. The Morgan fingerprint density at radius 2 is 0.840 bits per heavy atom. The van der Waals surface area contributed by atoms with Crippen LogP contribution >= 0.6 is 0 Å². The Morgan fingerprint density at radius 1 is 0.380 bits per heavy atom. The SMILES string of the molecule is Fc1c(F)c(F)c(-c2c3ccccc3c(-c3ccc4cc(-c5ccc(-c6nc7ccccc7o6)cc5)ccc4c3)c3ccccc23)c(F)c1F. The minimum atomic E-state index is -2.19. The lowest BCUT2D eigenvalue weighted by atomic mass is 9.85. The third kappa shape index (κ3) is 4.58. The fourth-order valence-corrected chi connectivity index (χ4v) is 6.91. The van der Waals surface area contributed by atoms with Gasteiger partial charge in [-0.3, -0.25) is 0 Å². The molecule has 9 rings (SSSR count). The number of fused-ring (bicyclic) bond motifs is 4. The largest absolute Gasteiger partial charge is 0.436 e. The zero-order chi connectivity index (χ0) is 34.1.